The number of halogens is 1. The molecule has 2 unspecified atom stereocenters. The fraction of sp³-hybridized carbons (Fsp3) is 0.385. The number of carbonyl (C=O) groups excluding carboxylic acids is 1. The predicted octanol–water partition coefficient (Wildman–Crippen LogP) is 2.99. The van der Waals surface area contributed by atoms with Crippen LogP contribution in [0.4, 0.5) is 0 Å². The lowest BCUT2D eigenvalue weighted by Gasteiger charge is -2.28. The van der Waals surface area contributed by atoms with E-state index in [-0.39, 0.29) is 11.7 Å². The van der Waals surface area contributed by atoms with Crippen LogP contribution >= 0.6 is 15.9 Å². The van der Waals surface area contributed by atoms with Gasteiger partial charge in [-0.25, -0.2) is 0 Å². The molecule has 1 fully saturated rings. The van der Waals surface area contributed by atoms with E-state index in [1.807, 2.05) is 24.3 Å². The summed E-state index contributed by atoms with van der Waals surface area (Å²) in [4.78, 5) is 22.7. The summed E-state index contributed by atoms with van der Waals surface area (Å²) in [6, 6.07) is 7.55. The first-order valence-electron chi connectivity index (χ1n) is 5.58. The monoisotopic (exact) mass is 296 g/mol. The lowest BCUT2D eigenvalue weighted by Crippen LogP contribution is -2.29. The SMILES string of the molecule is O=C1CCC(C(=O)O)C(c2ccc(Br)cc2)C1. The fourth-order valence-electron chi connectivity index (χ4n) is 2.36. The van der Waals surface area contributed by atoms with Crippen molar-refractivity contribution in [2.45, 2.75) is 25.2 Å². The maximum absolute atomic E-state index is 11.5. The first-order valence-corrected chi connectivity index (χ1v) is 6.37. The molecular formula is C13H13BrO3. The summed E-state index contributed by atoms with van der Waals surface area (Å²) in [5.41, 5.74) is 0.939. The minimum Gasteiger partial charge on any atom is -0.481 e. The Morgan fingerprint density at radius 1 is 1.29 bits per heavy atom. The lowest BCUT2D eigenvalue weighted by molar-refractivity contribution is -0.144. The van der Waals surface area contributed by atoms with Gasteiger partial charge in [-0.15, -0.1) is 0 Å². The van der Waals surface area contributed by atoms with E-state index in [4.69, 9.17) is 0 Å². The van der Waals surface area contributed by atoms with Crippen LogP contribution in [0.5, 0.6) is 0 Å². The molecule has 2 rings (SSSR count). The summed E-state index contributed by atoms with van der Waals surface area (Å²) >= 11 is 3.34. The van der Waals surface area contributed by atoms with Crippen molar-refractivity contribution in [1.29, 1.82) is 0 Å². The lowest BCUT2D eigenvalue weighted by atomic mass is 9.75. The van der Waals surface area contributed by atoms with Gasteiger partial charge in [-0.2, -0.15) is 0 Å². The fourth-order valence-corrected chi connectivity index (χ4v) is 2.63. The predicted molar refractivity (Wildman–Crippen MR) is 66.9 cm³/mol. The van der Waals surface area contributed by atoms with Crippen LogP contribution in [0.1, 0.15) is 30.7 Å². The van der Waals surface area contributed by atoms with Crippen LogP contribution in [0.2, 0.25) is 0 Å². The van der Waals surface area contributed by atoms with Gasteiger partial charge in [0.15, 0.2) is 0 Å². The average molecular weight is 297 g/mol. The number of aliphatic carboxylic acids is 1. The van der Waals surface area contributed by atoms with Gasteiger partial charge in [0.25, 0.3) is 0 Å². The molecule has 0 heterocycles. The smallest absolute Gasteiger partial charge is 0.307 e. The molecule has 0 amide bonds. The molecule has 0 aliphatic heterocycles. The van der Waals surface area contributed by atoms with Gasteiger partial charge in [-0.1, -0.05) is 28.1 Å². The maximum Gasteiger partial charge on any atom is 0.307 e. The van der Waals surface area contributed by atoms with Crippen LogP contribution in [-0.4, -0.2) is 16.9 Å². The highest BCUT2D eigenvalue weighted by Gasteiger charge is 2.35. The molecule has 0 spiro atoms. The summed E-state index contributed by atoms with van der Waals surface area (Å²) in [5, 5.41) is 9.19. The van der Waals surface area contributed by atoms with E-state index < -0.39 is 11.9 Å². The molecule has 0 saturated heterocycles. The molecular weight excluding hydrogens is 284 g/mol. The van der Waals surface area contributed by atoms with Crippen LogP contribution in [0.25, 0.3) is 0 Å². The van der Waals surface area contributed by atoms with Crippen molar-refractivity contribution in [3.63, 3.8) is 0 Å². The van der Waals surface area contributed by atoms with E-state index in [9.17, 15) is 14.7 Å². The van der Waals surface area contributed by atoms with E-state index in [2.05, 4.69) is 15.9 Å². The third-order valence-corrected chi connectivity index (χ3v) is 3.81. The highest BCUT2D eigenvalue weighted by molar-refractivity contribution is 9.10. The molecule has 90 valence electrons. The summed E-state index contributed by atoms with van der Waals surface area (Å²) < 4.78 is 0.954. The zero-order chi connectivity index (χ0) is 12.4. The summed E-state index contributed by atoms with van der Waals surface area (Å²) in [5.74, 6) is -1.25. The van der Waals surface area contributed by atoms with E-state index in [0.717, 1.165) is 10.0 Å². The van der Waals surface area contributed by atoms with Gasteiger partial charge in [-0.05, 0) is 24.1 Å². The van der Waals surface area contributed by atoms with Crippen molar-refractivity contribution < 1.29 is 14.7 Å². The highest BCUT2D eigenvalue weighted by atomic mass is 79.9. The molecule has 1 saturated carbocycles. The summed E-state index contributed by atoms with van der Waals surface area (Å²) in [6.07, 6.45) is 1.19. The Morgan fingerprint density at radius 2 is 1.94 bits per heavy atom. The first-order chi connectivity index (χ1) is 8.08. The van der Waals surface area contributed by atoms with Crippen LogP contribution < -0.4 is 0 Å². The Morgan fingerprint density at radius 3 is 2.53 bits per heavy atom. The number of carbonyl (C=O) groups is 2. The normalized spacial score (nSPS) is 24.6. The second-order valence-electron chi connectivity index (χ2n) is 4.38. The number of hydrogen-bond donors (Lipinski definition) is 1. The van der Waals surface area contributed by atoms with Crippen LogP contribution in [-0.2, 0) is 9.59 Å². The Bertz CT molecular complexity index is 438. The summed E-state index contributed by atoms with van der Waals surface area (Å²) in [7, 11) is 0. The zero-order valence-electron chi connectivity index (χ0n) is 9.23. The van der Waals surface area contributed by atoms with Crippen molar-refractivity contribution in [2.75, 3.05) is 0 Å². The molecule has 1 aromatic rings. The Kier molecular flexibility index (Phi) is 3.62. The van der Waals surface area contributed by atoms with Gasteiger partial charge in [0.05, 0.1) is 5.92 Å². The number of ketones is 1. The number of hydrogen-bond acceptors (Lipinski definition) is 2. The number of benzene rings is 1. The first kappa shape index (κ1) is 12.3. The van der Waals surface area contributed by atoms with Gasteiger partial charge in [0.2, 0.25) is 0 Å². The summed E-state index contributed by atoms with van der Waals surface area (Å²) in [6.45, 7) is 0. The molecule has 1 aliphatic carbocycles. The van der Waals surface area contributed by atoms with Crippen molar-refractivity contribution in [2.24, 2.45) is 5.92 Å². The van der Waals surface area contributed by atoms with Crippen molar-refractivity contribution >= 4 is 27.7 Å². The Hall–Kier alpha value is -1.16. The topological polar surface area (TPSA) is 54.4 Å². The van der Waals surface area contributed by atoms with Crippen LogP contribution in [0.15, 0.2) is 28.7 Å². The maximum atomic E-state index is 11.5. The van der Waals surface area contributed by atoms with Gasteiger partial charge in [-0.3, -0.25) is 9.59 Å². The van der Waals surface area contributed by atoms with E-state index >= 15 is 0 Å². The second-order valence-corrected chi connectivity index (χ2v) is 5.30. The van der Waals surface area contributed by atoms with Crippen molar-refractivity contribution in [1.82, 2.24) is 0 Å². The van der Waals surface area contributed by atoms with E-state index in [1.54, 1.807) is 0 Å². The molecule has 3 nitrogen and oxygen atoms in total. The standard InChI is InChI=1S/C13H13BrO3/c14-9-3-1-8(2-4-9)12-7-10(15)5-6-11(12)13(16)17/h1-4,11-12H,5-7H2,(H,16,17). The number of Topliss-reactive ketones (excluding diaryl/α,β-unsaturated/α-hetero) is 1. The molecule has 2 atom stereocenters. The third kappa shape index (κ3) is 2.75. The Balaban J connectivity index is 2.28. The Labute approximate surface area is 108 Å². The number of rotatable bonds is 2. The van der Waals surface area contributed by atoms with Gasteiger partial charge in [0, 0.05) is 23.2 Å². The van der Waals surface area contributed by atoms with Crippen LogP contribution in [0.3, 0.4) is 0 Å². The largest absolute Gasteiger partial charge is 0.481 e. The molecule has 4 heteroatoms. The minimum atomic E-state index is -0.801. The second kappa shape index (κ2) is 5.00. The quantitative estimate of drug-likeness (QED) is 0.913. The third-order valence-electron chi connectivity index (χ3n) is 3.28. The van der Waals surface area contributed by atoms with Gasteiger partial charge < -0.3 is 5.11 Å². The average Bonchev–Trinajstić information content (AvgIpc) is 2.29. The number of carboxylic acids is 1. The highest BCUT2D eigenvalue weighted by Crippen LogP contribution is 2.36. The minimum absolute atomic E-state index is 0.162. The van der Waals surface area contributed by atoms with Crippen LogP contribution in [0, 0.1) is 5.92 Å². The van der Waals surface area contributed by atoms with E-state index in [1.165, 1.54) is 0 Å². The molecule has 1 N–H and O–H groups in total. The van der Waals surface area contributed by atoms with Crippen molar-refractivity contribution in [3.05, 3.63) is 34.3 Å². The van der Waals surface area contributed by atoms with Gasteiger partial charge in [0.1, 0.15) is 5.78 Å². The molecule has 17 heavy (non-hydrogen) atoms. The van der Waals surface area contributed by atoms with E-state index in [0.29, 0.717) is 19.3 Å². The molecule has 1 aromatic carbocycles. The molecule has 1 aliphatic rings. The van der Waals surface area contributed by atoms with Crippen molar-refractivity contribution in [3.8, 4) is 0 Å². The zero-order valence-corrected chi connectivity index (χ0v) is 10.8. The van der Waals surface area contributed by atoms with Gasteiger partial charge >= 0.3 is 5.97 Å². The number of carboxylic acid groups (broad SMARTS) is 1. The molecule has 0 bridgehead atoms. The molecule has 0 aromatic heterocycles. The molecule has 0 radical (unpaired) electrons.